The van der Waals surface area contributed by atoms with E-state index in [0.29, 0.717) is 11.7 Å². The summed E-state index contributed by atoms with van der Waals surface area (Å²) in [5.74, 6) is 0.657. The number of benzene rings is 2. The summed E-state index contributed by atoms with van der Waals surface area (Å²) in [6, 6.07) is 15.4. The summed E-state index contributed by atoms with van der Waals surface area (Å²) < 4.78 is 7.27. The Bertz CT molecular complexity index is 1130. The van der Waals surface area contributed by atoms with E-state index in [1.54, 1.807) is 0 Å². The van der Waals surface area contributed by atoms with E-state index in [4.69, 9.17) is 4.74 Å². The van der Waals surface area contributed by atoms with Gasteiger partial charge in [0.05, 0.1) is 16.8 Å². The maximum atomic E-state index is 13.1. The first-order chi connectivity index (χ1) is 14.1. The lowest BCUT2D eigenvalue weighted by Gasteiger charge is -2.14. The van der Waals surface area contributed by atoms with E-state index in [1.165, 1.54) is 34.4 Å². The third-order valence-electron chi connectivity index (χ3n) is 3.97. The van der Waals surface area contributed by atoms with Crippen LogP contribution >= 0.6 is 34.4 Å². The van der Waals surface area contributed by atoms with Crippen LogP contribution in [-0.2, 0) is 4.79 Å². The number of fused-ring (bicyclic) bond motifs is 1. The lowest BCUT2D eigenvalue weighted by Crippen LogP contribution is -2.18. The molecule has 0 saturated carbocycles. The zero-order chi connectivity index (χ0) is 20.2. The van der Waals surface area contributed by atoms with Gasteiger partial charge in [-0.3, -0.25) is 4.79 Å². The smallest absolute Gasteiger partial charge is 0.244 e. The van der Waals surface area contributed by atoms with Gasteiger partial charge in [0.25, 0.3) is 0 Å². The van der Waals surface area contributed by atoms with Crippen molar-refractivity contribution in [2.45, 2.75) is 23.4 Å². The molecule has 2 aromatic heterocycles. The average Bonchev–Trinajstić information content (AvgIpc) is 3.31. The van der Waals surface area contributed by atoms with Crippen molar-refractivity contribution >= 4 is 55.7 Å². The summed E-state index contributed by atoms with van der Waals surface area (Å²) in [7, 11) is 0. The van der Waals surface area contributed by atoms with Crippen molar-refractivity contribution in [3.8, 4) is 5.75 Å². The molecule has 148 valence electrons. The van der Waals surface area contributed by atoms with Gasteiger partial charge in [-0.1, -0.05) is 64.8 Å². The predicted octanol–water partition coefficient (Wildman–Crippen LogP) is 5.33. The maximum absolute atomic E-state index is 13.1. The van der Waals surface area contributed by atoms with Crippen LogP contribution in [0.15, 0.2) is 52.9 Å². The molecule has 4 aromatic rings. The van der Waals surface area contributed by atoms with Crippen LogP contribution in [-0.4, -0.2) is 27.7 Å². The monoisotopic (exact) mass is 442 g/mol. The summed E-state index contributed by atoms with van der Waals surface area (Å²) in [6.45, 7) is 4.45. The zero-order valence-electron chi connectivity index (χ0n) is 15.8. The fraction of sp³-hybridized carbons (Fsp3) is 0.200. The fourth-order valence-electron chi connectivity index (χ4n) is 2.71. The Balaban J connectivity index is 1.58. The number of carbonyl (C=O) groups is 1. The Morgan fingerprint density at radius 1 is 1.17 bits per heavy atom. The number of hydrogen-bond acceptors (Lipinski definition) is 8. The number of amides is 1. The van der Waals surface area contributed by atoms with Crippen LogP contribution in [0.3, 0.4) is 0 Å². The summed E-state index contributed by atoms with van der Waals surface area (Å²) >= 11 is 4.30. The lowest BCUT2D eigenvalue weighted by molar-refractivity contribution is -0.115. The number of hydrogen-bond donors (Lipinski definition) is 1. The SMILES string of the molecule is CCOc1ccc2nc(NC(=O)C(Sc3nnc(C)s3)c3ccccc3)sc2c1. The van der Waals surface area contributed by atoms with Crippen molar-refractivity contribution in [2.24, 2.45) is 0 Å². The van der Waals surface area contributed by atoms with E-state index in [9.17, 15) is 4.79 Å². The van der Waals surface area contributed by atoms with E-state index in [1.807, 2.05) is 62.4 Å². The van der Waals surface area contributed by atoms with Crippen LogP contribution in [0.2, 0.25) is 0 Å². The Labute approximate surface area is 180 Å². The van der Waals surface area contributed by atoms with E-state index in [0.717, 1.165) is 30.9 Å². The van der Waals surface area contributed by atoms with Crippen LogP contribution in [0.4, 0.5) is 5.13 Å². The highest BCUT2D eigenvalue weighted by Gasteiger charge is 2.25. The Morgan fingerprint density at radius 3 is 2.72 bits per heavy atom. The number of thioether (sulfide) groups is 1. The second-order valence-corrected chi connectivity index (χ2v) is 9.63. The number of ether oxygens (including phenoxy) is 1. The summed E-state index contributed by atoms with van der Waals surface area (Å²) in [6.07, 6.45) is 0. The van der Waals surface area contributed by atoms with Gasteiger partial charge >= 0.3 is 0 Å². The molecule has 0 fully saturated rings. The molecule has 1 amide bonds. The second-order valence-electron chi connectivity index (χ2n) is 6.07. The maximum Gasteiger partial charge on any atom is 0.244 e. The minimum atomic E-state index is -0.449. The molecule has 1 atom stereocenters. The first kappa shape index (κ1) is 19.8. The molecule has 2 heterocycles. The van der Waals surface area contributed by atoms with Gasteiger partial charge in [0.1, 0.15) is 16.0 Å². The number of anilines is 1. The molecule has 0 bridgehead atoms. The minimum Gasteiger partial charge on any atom is -0.494 e. The normalized spacial score (nSPS) is 12.1. The van der Waals surface area contributed by atoms with Crippen molar-refractivity contribution in [1.29, 1.82) is 0 Å². The van der Waals surface area contributed by atoms with Gasteiger partial charge < -0.3 is 10.1 Å². The predicted molar refractivity (Wildman–Crippen MR) is 119 cm³/mol. The summed E-state index contributed by atoms with van der Waals surface area (Å²) in [5, 5.41) is 12.2. The van der Waals surface area contributed by atoms with E-state index in [2.05, 4.69) is 20.5 Å². The molecule has 0 radical (unpaired) electrons. The van der Waals surface area contributed by atoms with Gasteiger partial charge in [0.2, 0.25) is 5.91 Å². The number of nitrogens with one attached hydrogen (secondary N) is 1. The first-order valence-electron chi connectivity index (χ1n) is 8.98. The van der Waals surface area contributed by atoms with Gasteiger partial charge in [-0.05, 0) is 37.6 Å². The van der Waals surface area contributed by atoms with Crippen LogP contribution in [0.1, 0.15) is 22.7 Å². The quantitative estimate of drug-likeness (QED) is 0.390. The second kappa shape index (κ2) is 8.89. The molecule has 29 heavy (non-hydrogen) atoms. The molecule has 0 spiro atoms. The number of nitrogens with zero attached hydrogens (tertiary/aromatic N) is 3. The van der Waals surface area contributed by atoms with Crippen molar-refractivity contribution in [2.75, 3.05) is 11.9 Å². The van der Waals surface area contributed by atoms with Crippen molar-refractivity contribution in [3.05, 3.63) is 59.1 Å². The standard InChI is InChI=1S/C20H18N4O2S3/c1-3-26-14-9-10-15-16(11-14)28-19(21-15)22-18(25)17(13-7-5-4-6-8-13)29-20-24-23-12(2)27-20/h4-11,17H,3H2,1-2H3,(H,21,22,25). The Hall–Kier alpha value is -2.49. The number of aromatic nitrogens is 3. The molecule has 0 aliphatic rings. The number of carbonyl (C=O) groups excluding carboxylic acids is 1. The highest BCUT2D eigenvalue weighted by Crippen LogP contribution is 2.38. The highest BCUT2D eigenvalue weighted by molar-refractivity contribution is 8.01. The van der Waals surface area contributed by atoms with Gasteiger partial charge in [-0.2, -0.15) is 0 Å². The van der Waals surface area contributed by atoms with Crippen LogP contribution in [0, 0.1) is 6.92 Å². The van der Waals surface area contributed by atoms with Crippen molar-refractivity contribution in [3.63, 3.8) is 0 Å². The molecule has 0 aliphatic heterocycles. The molecular formula is C20H18N4O2S3. The molecular weight excluding hydrogens is 424 g/mol. The molecule has 9 heteroatoms. The van der Waals surface area contributed by atoms with Crippen molar-refractivity contribution in [1.82, 2.24) is 15.2 Å². The third kappa shape index (κ3) is 4.75. The van der Waals surface area contributed by atoms with E-state index in [-0.39, 0.29) is 5.91 Å². The molecule has 1 unspecified atom stereocenters. The zero-order valence-corrected chi connectivity index (χ0v) is 18.2. The van der Waals surface area contributed by atoms with Crippen molar-refractivity contribution < 1.29 is 9.53 Å². The molecule has 4 rings (SSSR count). The molecule has 0 aliphatic carbocycles. The minimum absolute atomic E-state index is 0.141. The molecule has 1 N–H and O–H groups in total. The van der Waals surface area contributed by atoms with Crippen LogP contribution in [0.5, 0.6) is 5.75 Å². The summed E-state index contributed by atoms with van der Waals surface area (Å²) in [5.41, 5.74) is 1.74. The third-order valence-corrected chi connectivity index (χ3v) is 7.08. The number of rotatable bonds is 7. The van der Waals surface area contributed by atoms with Gasteiger partial charge in [0, 0.05) is 0 Å². The molecule has 2 aromatic carbocycles. The lowest BCUT2D eigenvalue weighted by atomic mass is 10.1. The largest absolute Gasteiger partial charge is 0.494 e. The van der Waals surface area contributed by atoms with Crippen LogP contribution < -0.4 is 10.1 Å². The topological polar surface area (TPSA) is 77.0 Å². The number of thiazole rings is 1. The van der Waals surface area contributed by atoms with Gasteiger partial charge in [-0.25, -0.2) is 4.98 Å². The van der Waals surface area contributed by atoms with E-state index >= 15 is 0 Å². The highest BCUT2D eigenvalue weighted by atomic mass is 32.2. The first-order valence-corrected chi connectivity index (χ1v) is 11.5. The fourth-order valence-corrected chi connectivity index (χ4v) is 5.62. The van der Waals surface area contributed by atoms with E-state index < -0.39 is 5.25 Å². The Kier molecular flexibility index (Phi) is 6.08. The van der Waals surface area contributed by atoms with Gasteiger partial charge in [0.15, 0.2) is 9.47 Å². The molecule has 6 nitrogen and oxygen atoms in total. The average molecular weight is 443 g/mol. The Morgan fingerprint density at radius 2 is 2.00 bits per heavy atom. The molecule has 0 saturated heterocycles. The van der Waals surface area contributed by atoms with Gasteiger partial charge in [-0.15, -0.1) is 10.2 Å². The number of aryl methyl sites for hydroxylation is 1. The summed E-state index contributed by atoms with van der Waals surface area (Å²) in [4.78, 5) is 17.7. The van der Waals surface area contributed by atoms with Crippen LogP contribution in [0.25, 0.3) is 10.2 Å².